The van der Waals surface area contributed by atoms with Crippen molar-refractivity contribution in [2.75, 3.05) is 0 Å². The van der Waals surface area contributed by atoms with Crippen LogP contribution in [0.1, 0.15) is 40.2 Å². The van der Waals surface area contributed by atoms with Gasteiger partial charge in [-0.05, 0) is 19.1 Å². The summed E-state index contributed by atoms with van der Waals surface area (Å²) < 4.78 is 0. The fourth-order valence-electron chi connectivity index (χ4n) is 1.66. The molecule has 0 aliphatic rings. The van der Waals surface area contributed by atoms with Crippen LogP contribution < -0.4 is 5.32 Å². The summed E-state index contributed by atoms with van der Waals surface area (Å²) in [5, 5.41) is 6.01. The molecule has 0 atom stereocenters. The number of hydrogen-bond acceptors (Lipinski definition) is 4. The summed E-state index contributed by atoms with van der Waals surface area (Å²) >= 11 is 3.34. The molecule has 3 nitrogen and oxygen atoms in total. The molecule has 1 amide bonds. The highest BCUT2D eigenvalue weighted by Crippen LogP contribution is 2.19. The van der Waals surface area contributed by atoms with Crippen LogP contribution in [-0.2, 0) is 17.8 Å². The molecule has 2 aromatic heterocycles. The van der Waals surface area contributed by atoms with Crippen LogP contribution in [0.15, 0.2) is 17.5 Å². The fourth-order valence-corrected chi connectivity index (χ4v) is 3.33. The second-order valence-electron chi connectivity index (χ2n) is 4.80. The summed E-state index contributed by atoms with van der Waals surface area (Å²) in [5.74, 6) is 0.461. The van der Waals surface area contributed by atoms with Gasteiger partial charge in [-0.3, -0.25) is 4.79 Å². The molecule has 0 saturated heterocycles. The van der Waals surface area contributed by atoms with E-state index in [0.29, 0.717) is 18.9 Å². The van der Waals surface area contributed by atoms with Gasteiger partial charge in [0.25, 0.3) is 0 Å². The predicted molar refractivity (Wildman–Crippen MR) is 80.8 cm³/mol. The maximum atomic E-state index is 11.8. The molecule has 19 heavy (non-hydrogen) atoms. The first-order valence-electron chi connectivity index (χ1n) is 6.31. The van der Waals surface area contributed by atoms with Crippen LogP contribution in [-0.4, -0.2) is 10.9 Å². The van der Waals surface area contributed by atoms with Gasteiger partial charge >= 0.3 is 0 Å². The van der Waals surface area contributed by atoms with Crippen molar-refractivity contribution in [2.45, 2.75) is 39.7 Å². The van der Waals surface area contributed by atoms with Gasteiger partial charge in [0.2, 0.25) is 5.91 Å². The number of thiophene rings is 1. The van der Waals surface area contributed by atoms with E-state index in [2.05, 4.69) is 43.2 Å². The number of carbonyl (C=O) groups excluding carboxylic acids is 1. The van der Waals surface area contributed by atoms with Gasteiger partial charge in [-0.25, -0.2) is 4.98 Å². The third-order valence-corrected chi connectivity index (χ3v) is 4.86. The number of aromatic nitrogens is 1. The Bertz CT molecular complexity index is 557. The van der Waals surface area contributed by atoms with Crippen LogP contribution in [0.2, 0.25) is 0 Å². The number of carbonyl (C=O) groups is 1. The number of nitrogens with zero attached hydrogens (tertiary/aromatic N) is 1. The summed E-state index contributed by atoms with van der Waals surface area (Å²) in [5.41, 5.74) is 0.869. The lowest BCUT2D eigenvalue weighted by atomic mass is 10.2. The van der Waals surface area contributed by atoms with Crippen molar-refractivity contribution in [1.29, 1.82) is 0 Å². The molecular weight excluding hydrogens is 276 g/mol. The largest absolute Gasteiger partial charge is 0.351 e. The molecule has 1 N–H and O–H groups in total. The Hall–Kier alpha value is -1.20. The molecule has 0 aliphatic heterocycles. The maximum absolute atomic E-state index is 11.8. The van der Waals surface area contributed by atoms with Crippen LogP contribution in [0.5, 0.6) is 0 Å². The van der Waals surface area contributed by atoms with E-state index in [0.717, 1.165) is 10.7 Å². The lowest BCUT2D eigenvalue weighted by Crippen LogP contribution is -2.24. The first-order valence-corrected chi connectivity index (χ1v) is 8.00. The van der Waals surface area contributed by atoms with Crippen molar-refractivity contribution >= 4 is 28.6 Å². The molecule has 0 radical (unpaired) electrons. The van der Waals surface area contributed by atoms with Gasteiger partial charge in [0.05, 0.1) is 23.7 Å². The third-order valence-electron chi connectivity index (χ3n) is 2.66. The van der Waals surface area contributed by atoms with Gasteiger partial charge in [0, 0.05) is 21.1 Å². The lowest BCUT2D eigenvalue weighted by Gasteiger charge is -2.02. The summed E-state index contributed by atoms with van der Waals surface area (Å²) in [4.78, 5) is 18.8. The van der Waals surface area contributed by atoms with Crippen LogP contribution in [0.3, 0.4) is 0 Å². The van der Waals surface area contributed by atoms with Crippen LogP contribution in [0.4, 0.5) is 0 Å². The van der Waals surface area contributed by atoms with Gasteiger partial charge in [0.1, 0.15) is 0 Å². The zero-order chi connectivity index (χ0) is 13.8. The highest BCUT2D eigenvalue weighted by molar-refractivity contribution is 7.11. The molecule has 2 rings (SSSR count). The van der Waals surface area contributed by atoms with E-state index in [1.807, 2.05) is 5.38 Å². The summed E-state index contributed by atoms with van der Waals surface area (Å²) in [6.07, 6.45) is 0.369. The number of amides is 1. The van der Waals surface area contributed by atoms with E-state index in [9.17, 15) is 4.79 Å². The molecule has 0 aromatic carbocycles. The molecule has 0 fully saturated rings. The summed E-state index contributed by atoms with van der Waals surface area (Å²) in [6, 6.07) is 4.13. The van der Waals surface area contributed by atoms with Crippen molar-refractivity contribution in [3.63, 3.8) is 0 Å². The van der Waals surface area contributed by atoms with Crippen molar-refractivity contribution in [3.05, 3.63) is 38.0 Å². The normalized spacial score (nSPS) is 10.9. The number of aryl methyl sites for hydroxylation is 1. The molecule has 2 aromatic rings. The smallest absolute Gasteiger partial charge is 0.226 e. The minimum absolute atomic E-state index is 0.0339. The van der Waals surface area contributed by atoms with E-state index in [-0.39, 0.29) is 5.91 Å². The molecule has 0 unspecified atom stereocenters. The SMILES string of the molecule is Cc1ccc(CNC(=O)Cc2csc(C(C)C)n2)s1. The highest BCUT2D eigenvalue weighted by Gasteiger charge is 2.09. The molecule has 102 valence electrons. The monoisotopic (exact) mass is 294 g/mol. The lowest BCUT2D eigenvalue weighted by molar-refractivity contribution is -0.120. The van der Waals surface area contributed by atoms with Crippen LogP contribution in [0, 0.1) is 6.92 Å². The quantitative estimate of drug-likeness (QED) is 0.917. The second-order valence-corrected chi connectivity index (χ2v) is 7.06. The van der Waals surface area contributed by atoms with Gasteiger partial charge in [-0.1, -0.05) is 13.8 Å². The molecule has 5 heteroatoms. The zero-order valence-electron chi connectivity index (χ0n) is 11.4. The standard InChI is InChI=1S/C14H18N2OS2/c1-9(2)14-16-11(8-18-14)6-13(17)15-7-12-5-4-10(3)19-12/h4-5,8-9H,6-7H2,1-3H3,(H,15,17). The van der Waals surface area contributed by atoms with Crippen molar-refractivity contribution in [2.24, 2.45) is 0 Å². The van der Waals surface area contributed by atoms with Crippen molar-refractivity contribution < 1.29 is 4.79 Å². The molecule has 0 spiro atoms. The number of nitrogens with one attached hydrogen (secondary N) is 1. The second kappa shape index (κ2) is 6.30. The minimum atomic E-state index is 0.0339. The Labute approximate surface area is 121 Å². The molecule has 2 heterocycles. The highest BCUT2D eigenvalue weighted by atomic mass is 32.1. The Morgan fingerprint density at radius 2 is 2.21 bits per heavy atom. The molecule has 0 aliphatic carbocycles. The van der Waals surface area contributed by atoms with E-state index < -0.39 is 0 Å². The molecule has 0 bridgehead atoms. The Balaban J connectivity index is 1.83. The minimum Gasteiger partial charge on any atom is -0.351 e. The van der Waals surface area contributed by atoms with E-state index in [1.165, 1.54) is 9.75 Å². The first kappa shape index (κ1) is 14.2. The van der Waals surface area contributed by atoms with Crippen LogP contribution >= 0.6 is 22.7 Å². The van der Waals surface area contributed by atoms with E-state index in [1.54, 1.807) is 22.7 Å². The van der Waals surface area contributed by atoms with Gasteiger partial charge < -0.3 is 5.32 Å². The van der Waals surface area contributed by atoms with Gasteiger partial charge in [0.15, 0.2) is 0 Å². The van der Waals surface area contributed by atoms with Crippen molar-refractivity contribution in [3.8, 4) is 0 Å². The molecular formula is C14H18N2OS2. The van der Waals surface area contributed by atoms with Gasteiger partial charge in [-0.15, -0.1) is 22.7 Å². The maximum Gasteiger partial charge on any atom is 0.226 e. The van der Waals surface area contributed by atoms with Crippen LogP contribution in [0.25, 0.3) is 0 Å². The number of thiazole rings is 1. The Morgan fingerprint density at radius 1 is 1.42 bits per heavy atom. The molecule has 0 saturated carbocycles. The number of hydrogen-bond donors (Lipinski definition) is 1. The first-order chi connectivity index (χ1) is 9.04. The zero-order valence-corrected chi connectivity index (χ0v) is 13.0. The van der Waals surface area contributed by atoms with Crippen molar-refractivity contribution in [1.82, 2.24) is 10.3 Å². The number of rotatable bonds is 5. The third kappa shape index (κ3) is 4.14. The van der Waals surface area contributed by atoms with E-state index >= 15 is 0 Å². The topological polar surface area (TPSA) is 42.0 Å². The summed E-state index contributed by atoms with van der Waals surface area (Å²) in [7, 11) is 0. The Morgan fingerprint density at radius 3 is 2.79 bits per heavy atom. The van der Waals surface area contributed by atoms with Gasteiger partial charge in [-0.2, -0.15) is 0 Å². The Kier molecular flexibility index (Phi) is 4.71. The predicted octanol–water partition coefficient (Wildman–Crippen LogP) is 3.50. The van der Waals surface area contributed by atoms with E-state index in [4.69, 9.17) is 0 Å². The average Bonchev–Trinajstić information content (AvgIpc) is 2.96. The average molecular weight is 294 g/mol. The summed E-state index contributed by atoms with van der Waals surface area (Å²) in [6.45, 7) is 6.90. The fraction of sp³-hybridized carbons (Fsp3) is 0.429.